The fourth-order valence-corrected chi connectivity index (χ4v) is 2.66. The van der Waals surface area contributed by atoms with E-state index in [9.17, 15) is 19.5 Å². The summed E-state index contributed by atoms with van der Waals surface area (Å²) in [5.74, 6) is 0.0813. The molecule has 1 amide bonds. The summed E-state index contributed by atoms with van der Waals surface area (Å²) in [5.41, 5.74) is -0.510. The van der Waals surface area contributed by atoms with Gasteiger partial charge in [-0.15, -0.1) is 0 Å². The lowest BCUT2D eigenvalue weighted by Gasteiger charge is -2.11. The second kappa shape index (κ2) is 7.87. The van der Waals surface area contributed by atoms with E-state index in [1.54, 1.807) is 6.07 Å². The molecule has 3 aromatic rings. The van der Waals surface area contributed by atoms with Crippen LogP contribution in [0.2, 0.25) is 0 Å². The summed E-state index contributed by atoms with van der Waals surface area (Å²) in [4.78, 5) is 35.5. The van der Waals surface area contributed by atoms with Crippen molar-refractivity contribution in [3.8, 4) is 17.2 Å². The zero-order valence-electron chi connectivity index (χ0n) is 15.1. The van der Waals surface area contributed by atoms with Crippen LogP contribution in [0.4, 0.5) is 0 Å². The van der Waals surface area contributed by atoms with Crippen LogP contribution in [0.5, 0.6) is 17.2 Å². The fourth-order valence-electron chi connectivity index (χ4n) is 2.66. The molecule has 0 saturated carbocycles. The van der Waals surface area contributed by atoms with Crippen molar-refractivity contribution in [2.24, 2.45) is 0 Å². The first-order valence-corrected chi connectivity index (χ1v) is 8.17. The van der Waals surface area contributed by atoms with E-state index >= 15 is 0 Å². The van der Waals surface area contributed by atoms with Gasteiger partial charge in [-0.05, 0) is 11.6 Å². The average molecular weight is 387 g/mol. The second-order valence-corrected chi connectivity index (χ2v) is 5.84. The van der Waals surface area contributed by atoms with Crippen LogP contribution in [0, 0.1) is 0 Å². The van der Waals surface area contributed by atoms with Gasteiger partial charge in [0.1, 0.15) is 17.6 Å². The first-order valence-electron chi connectivity index (χ1n) is 8.17. The predicted molar refractivity (Wildman–Crippen MR) is 97.8 cm³/mol. The summed E-state index contributed by atoms with van der Waals surface area (Å²) < 4.78 is 20.7. The molecule has 28 heavy (non-hydrogen) atoms. The van der Waals surface area contributed by atoms with Crippen LogP contribution in [-0.2, 0) is 17.8 Å². The van der Waals surface area contributed by atoms with Crippen molar-refractivity contribution in [3.05, 3.63) is 62.5 Å². The maximum atomic E-state index is 12.3. The lowest BCUT2D eigenvalue weighted by Crippen LogP contribution is -2.25. The Bertz CT molecular complexity index is 1140. The highest BCUT2D eigenvalue weighted by Gasteiger charge is 2.15. The first kappa shape index (κ1) is 19.0. The Morgan fingerprint density at radius 3 is 2.50 bits per heavy atom. The van der Waals surface area contributed by atoms with Crippen molar-refractivity contribution in [1.29, 1.82) is 0 Å². The van der Waals surface area contributed by atoms with E-state index in [0.29, 0.717) is 22.4 Å². The van der Waals surface area contributed by atoms with E-state index in [2.05, 4.69) is 5.32 Å². The minimum absolute atomic E-state index is 0.0507. The molecule has 0 aliphatic rings. The zero-order chi connectivity index (χ0) is 20.3. The van der Waals surface area contributed by atoms with Crippen molar-refractivity contribution in [3.63, 3.8) is 0 Å². The molecule has 0 radical (unpaired) electrons. The first-order chi connectivity index (χ1) is 13.4. The number of carbonyl (C=O) groups is 1. The van der Waals surface area contributed by atoms with Gasteiger partial charge in [0.05, 0.1) is 27.2 Å². The van der Waals surface area contributed by atoms with Gasteiger partial charge in [-0.1, -0.05) is 0 Å². The molecular formula is C19H17NO8. The van der Waals surface area contributed by atoms with E-state index in [1.165, 1.54) is 26.4 Å². The predicted octanol–water partition coefficient (Wildman–Crippen LogP) is 1.33. The molecule has 3 rings (SSSR count). The molecule has 0 spiro atoms. The summed E-state index contributed by atoms with van der Waals surface area (Å²) in [6.07, 6.45) is 0.791. The summed E-state index contributed by atoms with van der Waals surface area (Å²) in [5, 5.41) is 12.3. The molecule has 2 heterocycles. The number of ether oxygens (including phenoxy) is 2. The van der Waals surface area contributed by atoms with Gasteiger partial charge in [-0.25, -0.2) is 4.79 Å². The Morgan fingerprint density at radius 2 is 1.82 bits per heavy atom. The van der Waals surface area contributed by atoms with Gasteiger partial charge >= 0.3 is 5.63 Å². The molecule has 2 aromatic heterocycles. The molecule has 0 aliphatic carbocycles. The lowest BCUT2D eigenvalue weighted by atomic mass is 10.1. The van der Waals surface area contributed by atoms with Crippen LogP contribution in [0.3, 0.4) is 0 Å². The van der Waals surface area contributed by atoms with E-state index in [-0.39, 0.29) is 24.3 Å². The molecule has 9 heteroatoms. The van der Waals surface area contributed by atoms with Crippen LogP contribution in [0.15, 0.2) is 49.0 Å². The van der Waals surface area contributed by atoms with E-state index in [4.69, 9.17) is 18.3 Å². The highest BCUT2D eigenvalue weighted by atomic mass is 16.5. The van der Waals surface area contributed by atoms with E-state index in [0.717, 1.165) is 12.3 Å². The Kier molecular flexibility index (Phi) is 5.35. The maximum absolute atomic E-state index is 12.3. The third-order valence-corrected chi connectivity index (χ3v) is 4.01. The number of carbonyl (C=O) groups excluding carboxylic acids is 1. The van der Waals surface area contributed by atoms with Crippen molar-refractivity contribution in [2.45, 2.75) is 13.0 Å². The summed E-state index contributed by atoms with van der Waals surface area (Å²) >= 11 is 0. The normalized spacial score (nSPS) is 10.6. The number of amides is 1. The number of methoxy groups -OCH3 is 2. The molecule has 0 atom stereocenters. The molecule has 9 nitrogen and oxygen atoms in total. The maximum Gasteiger partial charge on any atom is 0.336 e. The van der Waals surface area contributed by atoms with Gasteiger partial charge in [-0.2, -0.15) is 0 Å². The molecule has 2 N–H and O–H groups in total. The van der Waals surface area contributed by atoms with Gasteiger partial charge in [0.25, 0.3) is 0 Å². The van der Waals surface area contributed by atoms with Gasteiger partial charge in [-0.3, -0.25) is 9.59 Å². The number of fused-ring (bicyclic) bond motifs is 1. The van der Waals surface area contributed by atoms with Crippen molar-refractivity contribution >= 4 is 16.9 Å². The van der Waals surface area contributed by atoms with Crippen molar-refractivity contribution in [1.82, 2.24) is 5.32 Å². The molecule has 0 unspecified atom stereocenters. The molecule has 0 saturated heterocycles. The standard InChI is InChI=1S/C19H17NO8/c1-25-16-6-12-10(4-19(24)28-15(12)7-17(16)26-2)3-18(23)20-8-11-5-13(21)14(22)9-27-11/h4-7,9,22H,3,8H2,1-2H3,(H,20,23). The third kappa shape index (κ3) is 3.98. The second-order valence-electron chi connectivity index (χ2n) is 5.84. The van der Waals surface area contributed by atoms with Crippen LogP contribution in [0.1, 0.15) is 11.3 Å². The lowest BCUT2D eigenvalue weighted by molar-refractivity contribution is -0.120. The molecule has 0 aliphatic heterocycles. The van der Waals surface area contributed by atoms with Crippen LogP contribution in [-0.4, -0.2) is 25.2 Å². The molecule has 0 fully saturated rings. The third-order valence-electron chi connectivity index (χ3n) is 4.01. The summed E-state index contributed by atoms with van der Waals surface area (Å²) in [6.45, 7) is -0.0507. The SMILES string of the molecule is COc1cc2oc(=O)cc(CC(=O)NCc3cc(=O)c(O)co3)c2cc1OC. The summed E-state index contributed by atoms with van der Waals surface area (Å²) in [7, 11) is 2.93. The van der Waals surface area contributed by atoms with Crippen molar-refractivity contribution in [2.75, 3.05) is 14.2 Å². The fraction of sp³-hybridized carbons (Fsp3) is 0.211. The number of hydrogen-bond acceptors (Lipinski definition) is 8. The highest BCUT2D eigenvalue weighted by molar-refractivity contribution is 5.89. The van der Waals surface area contributed by atoms with Crippen molar-refractivity contribution < 1.29 is 28.2 Å². The van der Waals surface area contributed by atoms with Crippen LogP contribution in [0.25, 0.3) is 11.0 Å². The quantitative estimate of drug-likeness (QED) is 0.606. The van der Waals surface area contributed by atoms with Gasteiger partial charge in [0.15, 0.2) is 17.2 Å². The molecule has 0 bridgehead atoms. The van der Waals surface area contributed by atoms with Crippen LogP contribution < -0.4 is 25.8 Å². The Hall–Kier alpha value is -3.75. The smallest absolute Gasteiger partial charge is 0.336 e. The number of benzene rings is 1. The van der Waals surface area contributed by atoms with Gasteiger partial charge in [0.2, 0.25) is 11.3 Å². The number of nitrogens with one attached hydrogen (secondary N) is 1. The minimum atomic E-state index is -0.608. The molecule has 146 valence electrons. The van der Waals surface area contributed by atoms with E-state index < -0.39 is 22.7 Å². The number of aromatic hydroxyl groups is 1. The van der Waals surface area contributed by atoms with Gasteiger partial charge < -0.3 is 28.7 Å². The number of rotatable bonds is 6. The van der Waals surface area contributed by atoms with E-state index in [1.807, 2.05) is 0 Å². The molecule has 1 aromatic carbocycles. The highest BCUT2D eigenvalue weighted by Crippen LogP contribution is 2.33. The topological polar surface area (TPSA) is 128 Å². The Morgan fingerprint density at radius 1 is 1.11 bits per heavy atom. The zero-order valence-corrected chi connectivity index (χ0v) is 15.1. The Labute approximate surface area is 158 Å². The average Bonchev–Trinajstić information content (AvgIpc) is 2.67. The number of hydrogen-bond donors (Lipinski definition) is 2. The van der Waals surface area contributed by atoms with Crippen LogP contribution >= 0.6 is 0 Å². The summed E-state index contributed by atoms with van der Waals surface area (Å²) in [6, 6.07) is 5.45. The minimum Gasteiger partial charge on any atom is -0.502 e. The molecular weight excluding hydrogens is 370 g/mol. The largest absolute Gasteiger partial charge is 0.502 e. The van der Waals surface area contributed by atoms with Gasteiger partial charge in [0, 0.05) is 23.6 Å². The monoisotopic (exact) mass is 387 g/mol. The Balaban J connectivity index is 1.84.